The summed E-state index contributed by atoms with van der Waals surface area (Å²) in [6, 6.07) is 15.0. The van der Waals surface area contributed by atoms with Gasteiger partial charge < -0.3 is 24.1 Å². The molecule has 0 saturated heterocycles. The Morgan fingerprint density at radius 1 is 0.971 bits per heavy atom. The number of carbonyl (C=O) groups excluding carboxylic acids is 1. The van der Waals surface area contributed by atoms with Crippen LogP contribution in [0.5, 0.6) is 23.0 Å². The summed E-state index contributed by atoms with van der Waals surface area (Å²) in [6.07, 6.45) is 3.03. The Kier molecular flexibility index (Phi) is 4.67. The summed E-state index contributed by atoms with van der Waals surface area (Å²) >= 11 is 0. The number of carbonyl (C=O) groups is 1. The average molecular weight is 468 g/mol. The van der Waals surface area contributed by atoms with Crippen LogP contribution in [0.4, 0.5) is 0 Å². The number of para-hydroxylation sites is 1. The van der Waals surface area contributed by atoms with E-state index in [1.54, 1.807) is 12.1 Å². The molecule has 0 fully saturated rings. The molecule has 0 amide bonds. The highest BCUT2D eigenvalue weighted by molar-refractivity contribution is 5.94. The molecule has 174 valence electrons. The molecule has 0 aliphatic carbocycles. The van der Waals surface area contributed by atoms with Crippen LogP contribution in [-0.2, 0) is 4.79 Å². The normalized spacial score (nSPS) is 18.8. The lowest BCUT2D eigenvalue weighted by atomic mass is 9.81. The molecular weight excluding hydrogens is 448 g/mol. The highest BCUT2D eigenvalue weighted by Gasteiger charge is 2.37. The van der Waals surface area contributed by atoms with Crippen molar-refractivity contribution in [3.63, 3.8) is 0 Å². The molecule has 3 aromatic carbocycles. The highest BCUT2D eigenvalue weighted by atomic mass is 16.5. The Morgan fingerprint density at radius 3 is 2.54 bits per heavy atom. The second kappa shape index (κ2) is 7.77. The fourth-order valence-corrected chi connectivity index (χ4v) is 4.90. The van der Waals surface area contributed by atoms with Crippen LogP contribution in [0, 0.1) is 0 Å². The fraction of sp³-hybridized carbons (Fsp3) is 0.143. The summed E-state index contributed by atoms with van der Waals surface area (Å²) in [6.45, 7) is 1.91. The van der Waals surface area contributed by atoms with Crippen LogP contribution in [0.1, 0.15) is 30.4 Å². The smallest absolute Gasteiger partial charge is 0.312 e. The van der Waals surface area contributed by atoms with Gasteiger partial charge in [-0.05, 0) is 42.3 Å². The second-order valence-corrected chi connectivity index (χ2v) is 8.71. The maximum absolute atomic E-state index is 13.5. The number of benzene rings is 3. The summed E-state index contributed by atoms with van der Waals surface area (Å²) in [5.41, 5.74) is 2.76. The third-order valence-electron chi connectivity index (χ3n) is 6.57. The lowest BCUT2D eigenvalue weighted by molar-refractivity contribution is -0.135. The quantitative estimate of drug-likeness (QED) is 0.310. The molecule has 35 heavy (non-hydrogen) atoms. The number of aromatic hydroxyl groups is 2. The van der Waals surface area contributed by atoms with Crippen LogP contribution >= 0.6 is 0 Å². The number of ether oxygens (including phenoxy) is 2. The second-order valence-electron chi connectivity index (χ2n) is 8.71. The van der Waals surface area contributed by atoms with Gasteiger partial charge in [0.2, 0.25) is 5.43 Å². The molecule has 2 unspecified atom stereocenters. The van der Waals surface area contributed by atoms with E-state index in [0.717, 1.165) is 16.9 Å². The molecule has 6 rings (SSSR count). The number of phenols is 2. The molecule has 0 saturated carbocycles. The first-order valence-electron chi connectivity index (χ1n) is 11.2. The minimum absolute atomic E-state index is 0.00246. The zero-order chi connectivity index (χ0) is 24.3. The van der Waals surface area contributed by atoms with Crippen molar-refractivity contribution in [1.82, 2.24) is 0 Å². The highest BCUT2D eigenvalue weighted by Crippen LogP contribution is 2.48. The van der Waals surface area contributed by atoms with Crippen molar-refractivity contribution in [2.24, 2.45) is 0 Å². The molecule has 1 aromatic heterocycles. The molecular formula is C28H20O7. The zero-order valence-electron chi connectivity index (χ0n) is 18.6. The van der Waals surface area contributed by atoms with Gasteiger partial charge in [-0.15, -0.1) is 0 Å². The standard InChI is InChI=1S/C28H20O7/c1-14-18(10-16-4-2-3-5-22(16)34-14)19-11-24(31)35-23-12-21(30)26-27(32)20(13-33-28(26)25(19)23)15-6-8-17(29)9-7-15/h2-10,12-14,19,29-30H,11H2,1H3. The summed E-state index contributed by atoms with van der Waals surface area (Å²) in [5, 5.41) is 20.3. The summed E-state index contributed by atoms with van der Waals surface area (Å²) in [7, 11) is 0. The molecule has 0 spiro atoms. The van der Waals surface area contributed by atoms with Gasteiger partial charge in [-0.2, -0.15) is 0 Å². The van der Waals surface area contributed by atoms with Gasteiger partial charge in [0, 0.05) is 23.1 Å². The first kappa shape index (κ1) is 21.0. The molecule has 0 bridgehead atoms. The van der Waals surface area contributed by atoms with E-state index in [-0.39, 0.29) is 46.3 Å². The van der Waals surface area contributed by atoms with Crippen molar-refractivity contribution in [3.8, 4) is 34.1 Å². The Balaban J connectivity index is 1.58. The van der Waals surface area contributed by atoms with Gasteiger partial charge in [0.15, 0.2) is 0 Å². The Bertz CT molecular complexity index is 1590. The molecule has 3 heterocycles. The number of esters is 1. The van der Waals surface area contributed by atoms with Crippen molar-refractivity contribution in [1.29, 1.82) is 0 Å². The van der Waals surface area contributed by atoms with E-state index in [9.17, 15) is 19.8 Å². The SMILES string of the molecule is CC1Oc2ccccc2C=C1C1CC(=O)Oc2cc(O)c3c(=O)c(-c4ccc(O)cc4)coc3c21. The summed E-state index contributed by atoms with van der Waals surface area (Å²) in [5.74, 6) is -0.281. The van der Waals surface area contributed by atoms with Gasteiger partial charge in [-0.25, -0.2) is 0 Å². The van der Waals surface area contributed by atoms with Crippen LogP contribution < -0.4 is 14.9 Å². The first-order valence-corrected chi connectivity index (χ1v) is 11.2. The van der Waals surface area contributed by atoms with Crippen LogP contribution in [0.2, 0.25) is 0 Å². The van der Waals surface area contributed by atoms with Crippen molar-refractivity contribution in [2.45, 2.75) is 25.4 Å². The number of rotatable bonds is 2. The van der Waals surface area contributed by atoms with E-state index < -0.39 is 17.3 Å². The minimum atomic E-state index is -0.472. The van der Waals surface area contributed by atoms with Gasteiger partial charge in [0.05, 0.1) is 12.0 Å². The van der Waals surface area contributed by atoms with E-state index in [2.05, 4.69) is 0 Å². The van der Waals surface area contributed by atoms with Gasteiger partial charge in [0.1, 0.15) is 46.3 Å². The molecule has 2 aliphatic heterocycles. The van der Waals surface area contributed by atoms with Gasteiger partial charge >= 0.3 is 5.97 Å². The van der Waals surface area contributed by atoms with E-state index in [1.165, 1.54) is 24.5 Å². The maximum atomic E-state index is 13.5. The summed E-state index contributed by atoms with van der Waals surface area (Å²) in [4.78, 5) is 26.0. The van der Waals surface area contributed by atoms with E-state index >= 15 is 0 Å². The van der Waals surface area contributed by atoms with Crippen LogP contribution in [-0.4, -0.2) is 22.3 Å². The first-order chi connectivity index (χ1) is 16.9. The van der Waals surface area contributed by atoms with Crippen molar-refractivity contribution < 1.29 is 28.9 Å². The zero-order valence-corrected chi connectivity index (χ0v) is 18.6. The number of hydrogen-bond acceptors (Lipinski definition) is 7. The molecule has 7 heteroatoms. The fourth-order valence-electron chi connectivity index (χ4n) is 4.90. The molecule has 7 nitrogen and oxygen atoms in total. The third-order valence-corrected chi connectivity index (χ3v) is 6.57. The topological polar surface area (TPSA) is 106 Å². The molecule has 2 N–H and O–H groups in total. The van der Waals surface area contributed by atoms with Crippen LogP contribution in [0.3, 0.4) is 0 Å². The molecule has 0 radical (unpaired) electrons. The largest absolute Gasteiger partial charge is 0.508 e. The van der Waals surface area contributed by atoms with Gasteiger partial charge in [-0.3, -0.25) is 9.59 Å². The van der Waals surface area contributed by atoms with Crippen LogP contribution in [0.25, 0.3) is 28.2 Å². The van der Waals surface area contributed by atoms with E-state index in [1.807, 2.05) is 37.3 Å². The van der Waals surface area contributed by atoms with E-state index in [0.29, 0.717) is 11.1 Å². The number of hydrogen-bond donors (Lipinski definition) is 2. The molecule has 2 aliphatic rings. The number of fused-ring (bicyclic) bond motifs is 4. The lowest BCUT2D eigenvalue weighted by Crippen LogP contribution is -2.29. The third kappa shape index (κ3) is 3.35. The monoisotopic (exact) mass is 468 g/mol. The lowest BCUT2D eigenvalue weighted by Gasteiger charge is -2.33. The Morgan fingerprint density at radius 2 is 1.74 bits per heavy atom. The Hall–Kier alpha value is -4.52. The van der Waals surface area contributed by atoms with E-state index in [4.69, 9.17) is 13.9 Å². The Labute approximate surface area is 199 Å². The minimum Gasteiger partial charge on any atom is -0.508 e. The van der Waals surface area contributed by atoms with Crippen molar-refractivity contribution >= 4 is 23.0 Å². The average Bonchev–Trinajstić information content (AvgIpc) is 2.83. The van der Waals surface area contributed by atoms with Crippen molar-refractivity contribution in [2.75, 3.05) is 0 Å². The van der Waals surface area contributed by atoms with Crippen molar-refractivity contribution in [3.05, 3.63) is 87.8 Å². The molecule has 2 atom stereocenters. The van der Waals surface area contributed by atoms with Gasteiger partial charge in [-0.1, -0.05) is 30.3 Å². The maximum Gasteiger partial charge on any atom is 0.312 e. The van der Waals surface area contributed by atoms with Crippen LogP contribution in [0.15, 0.2) is 75.6 Å². The predicted molar refractivity (Wildman–Crippen MR) is 129 cm³/mol. The summed E-state index contributed by atoms with van der Waals surface area (Å²) < 4.78 is 17.5. The number of phenolic OH excluding ortho intramolecular Hbond substituents is 2. The van der Waals surface area contributed by atoms with Gasteiger partial charge in [0.25, 0.3) is 0 Å². The molecule has 4 aromatic rings. The predicted octanol–water partition coefficient (Wildman–Crippen LogP) is 5.13.